The van der Waals surface area contributed by atoms with Gasteiger partial charge in [-0.1, -0.05) is 17.8 Å². The van der Waals surface area contributed by atoms with Crippen LogP contribution in [-0.4, -0.2) is 33.0 Å². The first kappa shape index (κ1) is 17.4. The summed E-state index contributed by atoms with van der Waals surface area (Å²) in [6.45, 7) is 1.41. The number of nitrogens with two attached hydrogens (primary N) is 1. The van der Waals surface area contributed by atoms with Crippen LogP contribution in [-0.2, 0) is 0 Å². The van der Waals surface area contributed by atoms with Crippen LogP contribution >= 0.6 is 11.3 Å². The summed E-state index contributed by atoms with van der Waals surface area (Å²) in [5.41, 5.74) is 5.93. The van der Waals surface area contributed by atoms with Crippen LogP contribution < -0.4 is 16.0 Å². The Bertz CT molecular complexity index is 1010. The highest BCUT2D eigenvalue weighted by molar-refractivity contribution is 7.22. The quantitative estimate of drug-likeness (QED) is 0.707. The molecule has 138 valence electrons. The smallest absolute Gasteiger partial charge is 0.186 e. The third-order valence-corrected chi connectivity index (χ3v) is 5.55. The average Bonchev–Trinajstić information content (AvgIpc) is 2.98. The second-order valence-electron chi connectivity index (χ2n) is 6.35. The minimum absolute atomic E-state index is 0.0379. The standard InChI is InChI=1S/C17H17FN8S/c18-11-7-21-16(24-13-5-12(20)22-9-23-13)15-14(11)25-17(27-15)26-4-2-1-3-10(6-19)8-26/h5,7,9-10H,1-4,8H2,(H3,20,21,22,23,24). The minimum atomic E-state index is -0.480. The van der Waals surface area contributed by atoms with Crippen molar-refractivity contribution >= 4 is 44.1 Å². The van der Waals surface area contributed by atoms with Crippen LogP contribution in [0.1, 0.15) is 19.3 Å². The normalized spacial score (nSPS) is 17.5. The zero-order valence-corrected chi connectivity index (χ0v) is 15.2. The van der Waals surface area contributed by atoms with E-state index in [4.69, 9.17) is 5.73 Å². The van der Waals surface area contributed by atoms with Gasteiger partial charge < -0.3 is 16.0 Å². The molecule has 27 heavy (non-hydrogen) atoms. The number of fused-ring (bicyclic) bond motifs is 1. The third-order valence-electron chi connectivity index (χ3n) is 4.42. The summed E-state index contributed by atoms with van der Waals surface area (Å²) in [6.07, 6.45) is 5.36. The Labute approximate surface area is 158 Å². The highest BCUT2D eigenvalue weighted by atomic mass is 32.1. The van der Waals surface area contributed by atoms with Crippen molar-refractivity contribution in [3.63, 3.8) is 0 Å². The minimum Gasteiger partial charge on any atom is -0.384 e. The van der Waals surface area contributed by atoms with E-state index in [0.717, 1.165) is 32.0 Å². The fraction of sp³-hybridized carbons (Fsp3) is 0.353. The summed E-state index contributed by atoms with van der Waals surface area (Å²) in [7, 11) is 0. The number of nitrogen functional groups attached to an aromatic ring is 1. The van der Waals surface area contributed by atoms with Crippen LogP contribution in [0.25, 0.3) is 10.2 Å². The van der Waals surface area contributed by atoms with Gasteiger partial charge in [-0.15, -0.1) is 0 Å². The maximum atomic E-state index is 14.3. The van der Waals surface area contributed by atoms with E-state index in [9.17, 15) is 9.65 Å². The van der Waals surface area contributed by atoms with Crippen LogP contribution in [0.4, 0.5) is 27.0 Å². The molecule has 4 rings (SSSR count). The van der Waals surface area contributed by atoms with E-state index >= 15 is 0 Å². The zero-order valence-electron chi connectivity index (χ0n) is 14.4. The molecule has 0 aliphatic carbocycles. The van der Waals surface area contributed by atoms with Crippen LogP contribution in [0.2, 0.25) is 0 Å². The van der Waals surface area contributed by atoms with Crippen molar-refractivity contribution < 1.29 is 4.39 Å². The van der Waals surface area contributed by atoms with Crippen LogP contribution in [0, 0.1) is 23.1 Å². The largest absolute Gasteiger partial charge is 0.384 e. The molecule has 1 saturated heterocycles. The van der Waals surface area contributed by atoms with Crippen molar-refractivity contribution in [3.8, 4) is 6.07 Å². The van der Waals surface area contributed by atoms with Crippen LogP contribution in [0.5, 0.6) is 0 Å². The van der Waals surface area contributed by atoms with E-state index in [0.29, 0.717) is 33.8 Å². The first-order chi connectivity index (χ1) is 13.1. The predicted octanol–water partition coefficient (Wildman–Crippen LogP) is 3.08. The van der Waals surface area contributed by atoms with Crippen molar-refractivity contribution in [2.45, 2.75) is 19.3 Å². The average molecular weight is 384 g/mol. The summed E-state index contributed by atoms with van der Waals surface area (Å²) in [5.74, 6) is 0.732. The van der Waals surface area contributed by atoms with Crippen molar-refractivity contribution in [2.75, 3.05) is 29.0 Å². The molecule has 1 fully saturated rings. The van der Waals surface area contributed by atoms with Gasteiger partial charge in [0.2, 0.25) is 0 Å². The molecular weight excluding hydrogens is 367 g/mol. The van der Waals surface area contributed by atoms with E-state index in [-0.39, 0.29) is 11.4 Å². The lowest BCUT2D eigenvalue weighted by molar-refractivity contribution is 0.611. The van der Waals surface area contributed by atoms with E-state index in [1.807, 2.05) is 0 Å². The van der Waals surface area contributed by atoms with Crippen molar-refractivity contribution in [1.29, 1.82) is 5.26 Å². The fourth-order valence-corrected chi connectivity index (χ4v) is 4.13. The SMILES string of the molecule is N#CC1CCCCN(c2nc3c(F)cnc(Nc4cc(N)ncn4)c3s2)C1. The second kappa shape index (κ2) is 7.28. The third kappa shape index (κ3) is 3.59. The summed E-state index contributed by atoms with van der Waals surface area (Å²) < 4.78 is 14.9. The number of aromatic nitrogens is 4. The highest BCUT2D eigenvalue weighted by Crippen LogP contribution is 2.36. The fourth-order valence-electron chi connectivity index (χ4n) is 3.08. The van der Waals surface area contributed by atoms with Gasteiger partial charge in [0, 0.05) is 19.2 Å². The Hall–Kier alpha value is -3.06. The summed E-state index contributed by atoms with van der Waals surface area (Å²) >= 11 is 1.36. The molecule has 3 aromatic rings. The Balaban J connectivity index is 1.70. The number of thiazole rings is 1. The number of halogens is 1. The van der Waals surface area contributed by atoms with Gasteiger partial charge in [-0.2, -0.15) is 5.26 Å². The lowest BCUT2D eigenvalue weighted by Gasteiger charge is -2.20. The molecule has 4 heterocycles. The molecule has 1 unspecified atom stereocenters. The second-order valence-corrected chi connectivity index (χ2v) is 7.33. The predicted molar refractivity (Wildman–Crippen MR) is 102 cm³/mol. The van der Waals surface area contributed by atoms with Crippen LogP contribution in [0.3, 0.4) is 0 Å². The summed E-state index contributed by atoms with van der Waals surface area (Å²) in [5, 5.41) is 13.1. The molecule has 0 amide bonds. The molecule has 1 aliphatic rings. The highest BCUT2D eigenvalue weighted by Gasteiger charge is 2.22. The van der Waals surface area contributed by atoms with E-state index in [1.165, 1.54) is 17.7 Å². The maximum absolute atomic E-state index is 14.3. The number of pyridine rings is 1. The molecule has 0 radical (unpaired) electrons. The van der Waals surface area contributed by atoms with Gasteiger partial charge in [-0.3, -0.25) is 0 Å². The number of nitriles is 1. The first-order valence-corrected chi connectivity index (χ1v) is 9.40. The molecule has 0 aromatic carbocycles. The molecule has 1 atom stereocenters. The monoisotopic (exact) mass is 384 g/mol. The van der Waals surface area contributed by atoms with Gasteiger partial charge >= 0.3 is 0 Å². The number of nitrogens with one attached hydrogen (secondary N) is 1. The van der Waals surface area contributed by atoms with E-state index in [1.54, 1.807) is 6.07 Å². The number of hydrogen-bond acceptors (Lipinski definition) is 9. The van der Waals surface area contributed by atoms with E-state index in [2.05, 4.69) is 36.2 Å². The Morgan fingerprint density at radius 1 is 1.33 bits per heavy atom. The molecule has 0 saturated carbocycles. The molecular formula is C17H17FN8S. The molecule has 3 aromatic heterocycles. The summed E-state index contributed by atoms with van der Waals surface area (Å²) in [6, 6.07) is 3.92. The molecule has 0 bridgehead atoms. The van der Waals surface area contributed by atoms with Crippen molar-refractivity contribution in [3.05, 3.63) is 24.4 Å². The van der Waals surface area contributed by atoms with Crippen molar-refractivity contribution in [1.82, 2.24) is 19.9 Å². The zero-order chi connectivity index (χ0) is 18.8. The number of nitrogens with zero attached hydrogens (tertiary/aromatic N) is 6. The van der Waals surface area contributed by atoms with Gasteiger partial charge in [0.25, 0.3) is 0 Å². The Morgan fingerprint density at radius 2 is 2.22 bits per heavy atom. The van der Waals surface area contributed by atoms with Gasteiger partial charge in [-0.05, 0) is 12.8 Å². The summed E-state index contributed by atoms with van der Waals surface area (Å²) in [4.78, 5) is 18.7. The van der Waals surface area contributed by atoms with Crippen LogP contribution in [0.15, 0.2) is 18.6 Å². The molecule has 0 spiro atoms. The van der Waals surface area contributed by atoms with Gasteiger partial charge in [0.05, 0.1) is 18.2 Å². The van der Waals surface area contributed by atoms with Crippen molar-refractivity contribution in [2.24, 2.45) is 5.92 Å². The molecule has 1 aliphatic heterocycles. The molecule has 10 heteroatoms. The lowest BCUT2D eigenvalue weighted by Crippen LogP contribution is -2.27. The molecule has 8 nitrogen and oxygen atoms in total. The Kier molecular flexibility index (Phi) is 4.68. The van der Waals surface area contributed by atoms with Gasteiger partial charge in [-0.25, -0.2) is 24.3 Å². The Morgan fingerprint density at radius 3 is 3.04 bits per heavy atom. The van der Waals surface area contributed by atoms with Gasteiger partial charge in [0.1, 0.15) is 28.2 Å². The topological polar surface area (TPSA) is 117 Å². The number of hydrogen-bond donors (Lipinski definition) is 2. The first-order valence-electron chi connectivity index (χ1n) is 8.58. The maximum Gasteiger partial charge on any atom is 0.186 e. The number of rotatable bonds is 3. The van der Waals surface area contributed by atoms with Gasteiger partial charge in [0.15, 0.2) is 16.8 Å². The lowest BCUT2D eigenvalue weighted by atomic mass is 10.1. The molecule has 3 N–H and O–H groups in total. The number of anilines is 4. The van der Waals surface area contributed by atoms with E-state index < -0.39 is 5.82 Å².